The van der Waals surface area contributed by atoms with Gasteiger partial charge < -0.3 is 4.90 Å². The molecule has 0 atom stereocenters. The molecule has 1 fully saturated rings. The van der Waals surface area contributed by atoms with Crippen LogP contribution in [0.5, 0.6) is 0 Å². The standard InChI is InChI=1S/C15H19FN2O3/c1-17(12-6-4-2-3-5-7-12)15(19)11-8-9-13(16)14(10-11)18(20)21/h8-10,12H,2-7H2,1H3. The molecular weight excluding hydrogens is 275 g/mol. The predicted octanol–water partition coefficient (Wildman–Crippen LogP) is 3.53. The fraction of sp³-hybridized carbons (Fsp3) is 0.533. The van der Waals surface area contributed by atoms with Crippen molar-refractivity contribution in [3.8, 4) is 0 Å². The highest BCUT2D eigenvalue weighted by Gasteiger charge is 2.24. The Hall–Kier alpha value is -1.98. The first-order valence-corrected chi connectivity index (χ1v) is 7.22. The van der Waals surface area contributed by atoms with Crippen molar-refractivity contribution >= 4 is 11.6 Å². The zero-order chi connectivity index (χ0) is 15.4. The predicted molar refractivity (Wildman–Crippen MR) is 76.6 cm³/mol. The Labute approximate surface area is 122 Å². The Morgan fingerprint density at radius 1 is 1.29 bits per heavy atom. The van der Waals surface area contributed by atoms with Crippen LogP contribution in [0.4, 0.5) is 10.1 Å². The maximum Gasteiger partial charge on any atom is 0.305 e. The van der Waals surface area contributed by atoms with Crippen LogP contribution in [0.25, 0.3) is 0 Å². The zero-order valence-corrected chi connectivity index (χ0v) is 12.0. The number of nitro benzene ring substituents is 1. The second kappa shape index (κ2) is 6.65. The number of halogens is 1. The molecule has 0 N–H and O–H groups in total. The summed E-state index contributed by atoms with van der Waals surface area (Å²) in [4.78, 5) is 24.0. The van der Waals surface area contributed by atoms with E-state index in [1.54, 1.807) is 11.9 Å². The Bertz CT molecular complexity index is 540. The van der Waals surface area contributed by atoms with Gasteiger partial charge in [0.05, 0.1) is 4.92 Å². The van der Waals surface area contributed by atoms with Gasteiger partial charge >= 0.3 is 5.69 Å². The smallest absolute Gasteiger partial charge is 0.305 e. The van der Waals surface area contributed by atoms with Crippen LogP contribution in [-0.2, 0) is 0 Å². The van der Waals surface area contributed by atoms with Crippen LogP contribution in [0.15, 0.2) is 18.2 Å². The summed E-state index contributed by atoms with van der Waals surface area (Å²) in [5.74, 6) is -1.21. The number of hydrogen-bond donors (Lipinski definition) is 0. The van der Waals surface area contributed by atoms with E-state index in [-0.39, 0.29) is 17.5 Å². The van der Waals surface area contributed by atoms with Crippen molar-refractivity contribution in [1.29, 1.82) is 0 Å². The fourth-order valence-corrected chi connectivity index (χ4v) is 2.80. The topological polar surface area (TPSA) is 63.5 Å². The van der Waals surface area contributed by atoms with Crippen molar-refractivity contribution in [1.82, 2.24) is 4.90 Å². The summed E-state index contributed by atoms with van der Waals surface area (Å²) in [6.07, 6.45) is 6.44. The van der Waals surface area contributed by atoms with E-state index in [0.29, 0.717) is 0 Å². The maximum atomic E-state index is 13.3. The highest BCUT2D eigenvalue weighted by atomic mass is 19.1. The Balaban J connectivity index is 2.18. The number of nitro groups is 1. The van der Waals surface area contributed by atoms with Gasteiger partial charge in [-0.2, -0.15) is 4.39 Å². The minimum absolute atomic E-state index is 0.157. The molecule has 6 heteroatoms. The molecule has 1 saturated carbocycles. The van der Waals surface area contributed by atoms with Gasteiger partial charge in [0.1, 0.15) is 0 Å². The lowest BCUT2D eigenvalue weighted by molar-refractivity contribution is -0.387. The summed E-state index contributed by atoms with van der Waals surface area (Å²) in [6, 6.07) is 3.46. The number of amides is 1. The third-order valence-corrected chi connectivity index (χ3v) is 4.08. The molecule has 1 aromatic carbocycles. The molecule has 1 aliphatic carbocycles. The largest absolute Gasteiger partial charge is 0.339 e. The van der Waals surface area contributed by atoms with Crippen LogP contribution in [0.3, 0.4) is 0 Å². The number of benzene rings is 1. The van der Waals surface area contributed by atoms with Crippen molar-refractivity contribution < 1.29 is 14.1 Å². The molecule has 0 radical (unpaired) electrons. The molecule has 0 aromatic heterocycles. The van der Waals surface area contributed by atoms with Crippen molar-refractivity contribution in [2.45, 2.75) is 44.6 Å². The highest BCUT2D eigenvalue weighted by Crippen LogP contribution is 2.24. The van der Waals surface area contributed by atoms with Gasteiger partial charge in [-0.3, -0.25) is 14.9 Å². The molecule has 0 saturated heterocycles. The molecule has 0 spiro atoms. The molecule has 21 heavy (non-hydrogen) atoms. The summed E-state index contributed by atoms with van der Waals surface area (Å²) in [5.41, 5.74) is -0.495. The zero-order valence-electron chi connectivity index (χ0n) is 12.0. The minimum Gasteiger partial charge on any atom is -0.339 e. The SMILES string of the molecule is CN(C(=O)c1ccc(F)c([N+](=O)[O-])c1)C1CCCCCC1. The Morgan fingerprint density at radius 2 is 1.90 bits per heavy atom. The van der Waals surface area contributed by atoms with E-state index in [0.717, 1.165) is 37.8 Å². The molecule has 0 bridgehead atoms. The second-order valence-electron chi connectivity index (χ2n) is 5.48. The monoisotopic (exact) mass is 294 g/mol. The van der Waals surface area contributed by atoms with Gasteiger partial charge in [0.2, 0.25) is 5.82 Å². The second-order valence-corrected chi connectivity index (χ2v) is 5.48. The summed E-state index contributed by atoms with van der Waals surface area (Å²) in [6.45, 7) is 0. The van der Waals surface area contributed by atoms with Crippen molar-refractivity contribution in [2.75, 3.05) is 7.05 Å². The lowest BCUT2D eigenvalue weighted by Gasteiger charge is -2.27. The summed E-state index contributed by atoms with van der Waals surface area (Å²) >= 11 is 0. The van der Waals surface area contributed by atoms with E-state index < -0.39 is 16.4 Å². The molecule has 0 aliphatic heterocycles. The Morgan fingerprint density at radius 3 is 2.48 bits per heavy atom. The highest BCUT2D eigenvalue weighted by molar-refractivity contribution is 5.94. The quantitative estimate of drug-likeness (QED) is 0.486. The average Bonchev–Trinajstić information content (AvgIpc) is 2.75. The van der Waals surface area contributed by atoms with E-state index in [9.17, 15) is 19.3 Å². The Kier molecular flexibility index (Phi) is 4.88. The van der Waals surface area contributed by atoms with Crippen LogP contribution in [0, 0.1) is 15.9 Å². The van der Waals surface area contributed by atoms with Gasteiger partial charge in [0.15, 0.2) is 0 Å². The lowest BCUT2D eigenvalue weighted by Crippen LogP contribution is -2.36. The minimum atomic E-state index is -0.923. The molecule has 1 aliphatic rings. The van der Waals surface area contributed by atoms with Crippen LogP contribution >= 0.6 is 0 Å². The van der Waals surface area contributed by atoms with Gasteiger partial charge in [-0.15, -0.1) is 0 Å². The molecule has 2 rings (SSSR count). The number of carbonyl (C=O) groups is 1. The molecule has 1 aromatic rings. The fourth-order valence-electron chi connectivity index (χ4n) is 2.80. The van der Waals surface area contributed by atoms with Gasteiger partial charge in [-0.25, -0.2) is 0 Å². The first-order chi connectivity index (χ1) is 10.0. The normalized spacial score (nSPS) is 16.3. The third-order valence-electron chi connectivity index (χ3n) is 4.08. The average molecular weight is 294 g/mol. The van der Waals surface area contributed by atoms with Gasteiger partial charge in [0, 0.05) is 24.7 Å². The number of rotatable bonds is 3. The van der Waals surface area contributed by atoms with E-state index in [2.05, 4.69) is 0 Å². The molecule has 114 valence electrons. The first kappa shape index (κ1) is 15.4. The number of hydrogen-bond acceptors (Lipinski definition) is 3. The van der Waals surface area contributed by atoms with Gasteiger partial charge in [0.25, 0.3) is 5.91 Å². The summed E-state index contributed by atoms with van der Waals surface area (Å²) in [7, 11) is 1.72. The van der Waals surface area contributed by atoms with Crippen molar-refractivity contribution in [3.05, 3.63) is 39.7 Å². The summed E-state index contributed by atoms with van der Waals surface area (Å²) in [5, 5.41) is 10.8. The lowest BCUT2D eigenvalue weighted by atomic mass is 10.1. The maximum absolute atomic E-state index is 13.3. The third kappa shape index (κ3) is 3.56. The van der Waals surface area contributed by atoms with Gasteiger partial charge in [-0.1, -0.05) is 25.7 Å². The van der Waals surface area contributed by atoms with E-state index in [1.807, 2.05) is 0 Å². The van der Waals surface area contributed by atoms with E-state index in [4.69, 9.17) is 0 Å². The van der Waals surface area contributed by atoms with Crippen molar-refractivity contribution in [3.63, 3.8) is 0 Å². The van der Waals surface area contributed by atoms with Crippen LogP contribution in [-0.4, -0.2) is 28.8 Å². The first-order valence-electron chi connectivity index (χ1n) is 7.22. The van der Waals surface area contributed by atoms with Crippen LogP contribution in [0.2, 0.25) is 0 Å². The van der Waals surface area contributed by atoms with Crippen LogP contribution < -0.4 is 0 Å². The van der Waals surface area contributed by atoms with Crippen molar-refractivity contribution in [2.24, 2.45) is 0 Å². The molecule has 1 amide bonds. The number of carbonyl (C=O) groups excluding carboxylic acids is 1. The molecular formula is C15H19FN2O3. The molecule has 0 heterocycles. The van der Waals surface area contributed by atoms with Gasteiger partial charge in [-0.05, 0) is 25.0 Å². The number of nitrogens with zero attached hydrogens (tertiary/aromatic N) is 2. The van der Waals surface area contributed by atoms with E-state index in [1.165, 1.54) is 18.9 Å². The van der Waals surface area contributed by atoms with Crippen LogP contribution in [0.1, 0.15) is 48.9 Å². The molecule has 0 unspecified atom stereocenters. The molecule has 5 nitrogen and oxygen atoms in total. The van der Waals surface area contributed by atoms with E-state index >= 15 is 0 Å². The summed E-state index contributed by atoms with van der Waals surface area (Å²) < 4.78 is 13.3.